The molecule has 0 spiro atoms. The van der Waals surface area contributed by atoms with Crippen LogP contribution in [0.5, 0.6) is 5.75 Å². The Kier molecular flexibility index (Phi) is 8.48. The Labute approximate surface area is 235 Å². The van der Waals surface area contributed by atoms with Crippen molar-refractivity contribution in [1.29, 1.82) is 0 Å². The molecule has 2 aliphatic rings. The third-order valence-electron chi connectivity index (χ3n) is 7.73. The van der Waals surface area contributed by atoms with Crippen molar-refractivity contribution in [3.63, 3.8) is 0 Å². The number of carbonyl (C=O) groups excluding carboxylic acids is 2. The van der Waals surface area contributed by atoms with Gasteiger partial charge in [-0.05, 0) is 67.7 Å². The molecule has 1 N–H and O–H groups in total. The van der Waals surface area contributed by atoms with Gasteiger partial charge in [0, 0.05) is 22.2 Å². The highest BCUT2D eigenvalue weighted by Crippen LogP contribution is 2.36. The molecule has 214 valence electrons. The molecule has 11 heteroatoms. The molecule has 1 aromatic carbocycles. The lowest BCUT2D eigenvalue weighted by Crippen LogP contribution is -2.46. The number of aromatic nitrogens is 2. The highest BCUT2D eigenvalue weighted by Gasteiger charge is 2.40. The molecule has 5 rings (SSSR count). The molecule has 1 fully saturated rings. The van der Waals surface area contributed by atoms with Gasteiger partial charge in [0.1, 0.15) is 18.3 Å². The first-order chi connectivity index (χ1) is 19.2. The first kappa shape index (κ1) is 28.2. The molecule has 2 aromatic heterocycles. The number of nitrogens with one attached hydrogen (secondary N) is 1. The number of amides is 2. The van der Waals surface area contributed by atoms with Crippen molar-refractivity contribution >= 4 is 23.2 Å². The molecule has 1 saturated carbocycles. The maximum atomic E-state index is 14.0. The standard InChI is InChI=1S/C29H33F3N4O3S/c1-39-21-14-12-19(13-15-21)26(28(38)33-20-7-2-3-8-20)35(17-22-9-6-16-40-22)25(37)18-36-24-11-5-4-10-23(24)27(34-36)29(30,31)32/h6,9,12-16,20,26H,2-5,7-8,10-11,17-18H2,1H3,(H,33,38)/t26-/m1/s1. The summed E-state index contributed by atoms with van der Waals surface area (Å²) < 4.78 is 47.9. The van der Waals surface area contributed by atoms with Gasteiger partial charge in [-0.2, -0.15) is 18.3 Å². The second-order valence-corrected chi connectivity index (χ2v) is 11.4. The van der Waals surface area contributed by atoms with Crippen LogP contribution >= 0.6 is 11.3 Å². The zero-order valence-corrected chi connectivity index (χ0v) is 23.2. The lowest BCUT2D eigenvalue weighted by Gasteiger charge is -2.32. The maximum absolute atomic E-state index is 14.0. The summed E-state index contributed by atoms with van der Waals surface area (Å²) >= 11 is 1.45. The molecule has 40 heavy (non-hydrogen) atoms. The zero-order valence-electron chi connectivity index (χ0n) is 22.4. The number of fused-ring (bicyclic) bond motifs is 1. The summed E-state index contributed by atoms with van der Waals surface area (Å²) in [4.78, 5) is 30.2. The van der Waals surface area contributed by atoms with Crippen LogP contribution in [-0.4, -0.2) is 39.6 Å². The summed E-state index contributed by atoms with van der Waals surface area (Å²) in [6.07, 6.45) is 1.32. The number of carbonyl (C=O) groups is 2. The van der Waals surface area contributed by atoms with Crippen LogP contribution in [0.3, 0.4) is 0 Å². The van der Waals surface area contributed by atoms with Crippen LogP contribution in [-0.2, 0) is 41.7 Å². The zero-order chi connectivity index (χ0) is 28.3. The van der Waals surface area contributed by atoms with Gasteiger partial charge >= 0.3 is 6.18 Å². The fraction of sp³-hybridized carbons (Fsp3) is 0.483. The van der Waals surface area contributed by atoms with Gasteiger partial charge in [-0.25, -0.2) is 0 Å². The highest BCUT2D eigenvalue weighted by molar-refractivity contribution is 7.09. The van der Waals surface area contributed by atoms with Gasteiger partial charge in [0.25, 0.3) is 0 Å². The lowest BCUT2D eigenvalue weighted by molar-refractivity contribution is -0.144. The number of nitrogens with zero attached hydrogens (tertiary/aromatic N) is 3. The Balaban J connectivity index is 1.52. The SMILES string of the molecule is COc1ccc([C@H](C(=O)NC2CCCC2)N(Cc2cccs2)C(=O)Cn2nc(C(F)(F)F)c3c2CCCC3)cc1. The van der Waals surface area contributed by atoms with Crippen molar-refractivity contribution in [2.45, 2.75) is 82.7 Å². The smallest absolute Gasteiger partial charge is 0.435 e. The van der Waals surface area contributed by atoms with E-state index in [1.807, 2.05) is 17.5 Å². The number of hydrogen-bond donors (Lipinski definition) is 1. The number of alkyl halides is 3. The van der Waals surface area contributed by atoms with E-state index >= 15 is 0 Å². The number of methoxy groups -OCH3 is 1. The van der Waals surface area contributed by atoms with Crippen LogP contribution in [0.1, 0.15) is 72.0 Å². The van der Waals surface area contributed by atoms with Crippen molar-refractivity contribution in [2.24, 2.45) is 0 Å². The van der Waals surface area contributed by atoms with Crippen molar-refractivity contribution in [2.75, 3.05) is 7.11 Å². The topological polar surface area (TPSA) is 76.5 Å². The minimum atomic E-state index is -4.60. The monoisotopic (exact) mass is 574 g/mol. The van der Waals surface area contributed by atoms with E-state index in [0.717, 1.165) is 37.0 Å². The summed E-state index contributed by atoms with van der Waals surface area (Å²) in [6, 6.07) is 9.77. The largest absolute Gasteiger partial charge is 0.497 e. The third kappa shape index (κ3) is 6.19. The molecule has 1 atom stereocenters. The number of rotatable bonds is 9. The predicted molar refractivity (Wildman–Crippen MR) is 145 cm³/mol. The second kappa shape index (κ2) is 12.0. The van der Waals surface area contributed by atoms with Gasteiger partial charge in [0.05, 0.1) is 13.7 Å². The Bertz CT molecular complexity index is 1320. The number of ether oxygens (including phenoxy) is 1. The summed E-state index contributed by atoms with van der Waals surface area (Å²) in [5, 5.41) is 8.91. The summed E-state index contributed by atoms with van der Waals surface area (Å²) in [6.45, 7) is -0.242. The lowest BCUT2D eigenvalue weighted by atomic mass is 9.95. The second-order valence-electron chi connectivity index (χ2n) is 10.4. The van der Waals surface area contributed by atoms with Gasteiger partial charge in [0.2, 0.25) is 11.8 Å². The van der Waals surface area contributed by atoms with Crippen molar-refractivity contribution in [1.82, 2.24) is 20.0 Å². The Morgan fingerprint density at radius 1 is 1.12 bits per heavy atom. The Morgan fingerprint density at radius 2 is 1.85 bits per heavy atom. The fourth-order valence-corrected chi connectivity index (χ4v) is 6.45. The van der Waals surface area contributed by atoms with E-state index < -0.39 is 23.8 Å². The van der Waals surface area contributed by atoms with Crippen molar-refractivity contribution in [3.8, 4) is 5.75 Å². The maximum Gasteiger partial charge on any atom is 0.435 e. The fourth-order valence-electron chi connectivity index (χ4n) is 5.75. The van der Waals surface area contributed by atoms with E-state index in [2.05, 4.69) is 10.4 Å². The van der Waals surface area contributed by atoms with Crippen molar-refractivity contribution < 1.29 is 27.5 Å². The molecule has 0 bridgehead atoms. The molecular weight excluding hydrogens is 541 g/mol. The van der Waals surface area contributed by atoms with Crippen LogP contribution in [0, 0.1) is 0 Å². The molecule has 0 saturated heterocycles. The molecule has 0 unspecified atom stereocenters. The molecule has 3 aromatic rings. The molecule has 0 radical (unpaired) electrons. The number of thiophene rings is 1. The summed E-state index contributed by atoms with van der Waals surface area (Å²) in [5.41, 5.74) is 0.326. The van der Waals surface area contributed by atoms with E-state index in [4.69, 9.17) is 4.74 Å². The van der Waals surface area contributed by atoms with Gasteiger partial charge in [-0.15, -0.1) is 11.3 Å². The van der Waals surface area contributed by atoms with E-state index in [9.17, 15) is 22.8 Å². The van der Waals surface area contributed by atoms with Gasteiger partial charge < -0.3 is 15.0 Å². The van der Waals surface area contributed by atoms with Gasteiger partial charge in [0.15, 0.2) is 5.69 Å². The molecule has 7 nitrogen and oxygen atoms in total. The predicted octanol–water partition coefficient (Wildman–Crippen LogP) is 5.68. The first-order valence-electron chi connectivity index (χ1n) is 13.7. The summed E-state index contributed by atoms with van der Waals surface area (Å²) in [5.74, 6) is -0.168. The molecular formula is C29H33F3N4O3S. The Hall–Kier alpha value is -3.34. The van der Waals surface area contributed by atoms with E-state index in [1.165, 1.54) is 20.9 Å². The highest BCUT2D eigenvalue weighted by atomic mass is 32.1. The number of benzene rings is 1. The number of halogens is 3. The molecule has 2 amide bonds. The minimum Gasteiger partial charge on any atom is -0.497 e. The van der Waals surface area contributed by atoms with Crippen LogP contribution in [0.15, 0.2) is 41.8 Å². The molecule has 2 aliphatic carbocycles. The Morgan fingerprint density at radius 3 is 2.50 bits per heavy atom. The summed E-state index contributed by atoms with van der Waals surface area (Å²) in [7, 11) is 1.55. The van der Waals surface area contributed by atoms with E-state index in [1.54, 1.807) is 31.4 Å². The van der Waals surface area contributed by atoms with Crippen LogP contribution in [0.25, 0.3) is 0 Å². The van der Waals surface area contributed by atoms with Crippen molar-refractivity contribution in [3.05, 3.63) is 69.2 Å². The third-order valence-corrected chi connectivity index (χ3v) is 8.59. The van der Waals surface area contributed by atoms with E-state index in [0.29, 0.717) is 29.8 Å². The molecule has 2 heterocycles. The van der Waals surface area contributed by atoms with Crippen LogP contribution in [0.2, 0.25) is 0 Å². The minimum absolute atomic E-state index is 0.0272. The van der Waals surface area contributed by atoms with Gasteiger partial charge in [-0.3, -0.25) is 14.3 Å². The average molecular weight is 575 g/mol. The van der Waals surface area contributed by atoms with Gasteiger partial charge in [-0.1, -0.05) is 31.0 Å². The van der Waals surface area contributed by atoms with Crippen LogP contribution in [0.4, 0.5) is 13.2 Å². The van der Waals surface area contributed by atoms with E-state index in [-0.39, 0.29) is 37.0 Å². The van der Waals surface area contributed by atoms with Crippen LogP contribution < -0.4 is 10.1 Å². The normalized spacial score (nSPS) is 16.4. The first-order valence-corrected chi connectivity index (χ1v) is 14.5. The molecule has 0 aliphatic heterocycles. The number of hydrogen-bond acceptors (Lipinski definition) is 5. The average Bonchev–Trinajstić information content (AvgIpc) is 3.71. The quantitative estimate of drug-likeness (QED) is 0.357.